The molecule has 1 atom stereocenters. The maximum Gasteiger partial charge on any atom is 0.324 e. The van der Waals surface area contributed by atoms with Crippen molar-refractivity contribution in [1.29, 1.82) is 0 Å². The lowest BCUT2D eigenvalue weighted by Crippen LogP contribution is -2.51. The van der Waals surface area contributed by atoms with Crippen LogP contribution < -0.4 is 0 Å². The van der Waals surface area contributed by atoms with Crippen LogP contribution in [0.5, 0.6) is 0 Å². The zero-order chi connectivity index (χ0) is 13.1. The van der Waals surface area contributed by atoms with Crippen LogP contribution in [0.25, 0.3) is 0 Å². The van der Waals surface area contributed by atoms with E-state index in [0.717, 1.165) is 4.31 Å². The summed E-state index contributed by atoms with van der Waals surface area (Å²) in [4.78, 5) is 11.2. The molecule has 1 fully saturated rings. The lowest BCUT2D eigenvalue weighted by Gasteiger charge is -2.30. The standard InChI is InChI=1S/C10H19NO5S/c1-10(9(12)13)5-3-6-11(10)17(14,15)8-4-7-16-2/h3-8H2,1-2H3,(H,12,13). The Morgan fingerprint density at radius 1 is 1.53 bits per heavy atom. The fourth-order valence-corrected chi connectivity index (χ4v) is 3.99. The molecule has 0 aliphatic carbocycles. The van der Waals surface area contributed by atoms with E-state index in [1.165, 1.54) is 14.0 Å². The van der Waals surface area contributed by atoms with Crippen LogP contribution in [0.2, 0.25) is 0 Å². The Kier molecular flexibility index (Phi) is 4.51. The monoisotopic (exact) mass is 265 g/mol. The molecule has 1 aliphatic heterocycles. The smallest absolute Gasteiger partial charge is 0.324 e. The maximum atomic E-state index is 12.0. The van der Waals surface area contributed by atoms with Gasteiger partial charge in [0, 0.05) is 20.3 Å². The largest absolute Gasteiger partial charge is 0.480 e. The molecular weight excluding hydrogens is 246 g/mol. The summed E-state index contributed by atoms with van der Waals surface area (Å²) in [6.45, 7) is 2.12. The topological polar surface area (TPSA) is 83.9 Å². The van der Waals surface area contributed by atoms with E-state index in [1.54, 1.807) is 0 Å². The highest BCUT2D eigenvalue weighted by atomic mass is 32.2. The summed E-state index contributed by atoms with van der Waals surface area (Å²) in [5.41, 5.74) is -1.29. The number of carbonyl (C=O) groups is 1. The van der Waals surface area contributed by atoms with Crippen molar-refractivity contribution in [2.24, 2.45) is 0 Å². The minimum Gasteiger partial charge on any atom is -0.480 e. The molecule has 1 rings (SSSR count). The number of carboxylic acids is 1. The molecule has 17 heavy (non-hydrogen) atoms. The van der Waals surface area contributed by atoms with Crippen LogP contribution in [0.3, 0.4) is 0 Å². The SMILES string of the molecule is COCCCS(=O)(=O)N1CCCC1(C)C(=O)O. The minimum absolute atomic E-state index is 0.0658. The quantitative estimate of drug-likeness (QED) is 0.698. The predicted octanol–water partition coefficient (Wildman–Crippen LogP) is 0.292. The molecule has 6 nitrogen and oxygen atoms in total. The summed E-state index contributed by atoms with van der Waals surface area (Å²) < 4.78 is 30.0. The van der Waals surface area contributed by atoms with Gasteiger partial charge in [-0.25, -0.2) is 8.42 Å². The highest BCUT2D eigenvalue weighted by Crippen LogP contribution is 2.32. The van der Waals surface area contributed by atoms with Gasteiger partial charge in [0.05, 0.1) is 5.75 Å². The molecule has 0 aromatic rings. The third-order valence-electron chi connectivity index (χ3n) is 3.12. The molecule has 0 spiro atoms. The zero-order valence-electron chi connectivity index (χ0n) is 10.2. The summed E-state index contributed by atoms with van der Waals surface area (Å²) in [5.74, 6) is -1.14. The molecule has 100 valence electrons. The van der Waals surface area contributed by atoms with Gasteiger partial charge in [-0.2, -0.15) is 4.31 Å². The van der Waals surface area contributed by atoms with Crippen LogP contribution in [0.15, 0.2) is 0 Å². The zero-order valence-corrected chi connectivity index (χ0v) is 11.0. The number of aliphatic carboxylic acids is 1. The molecule has 0 aromatic heterocycles. The fraction of sp³-hybridized carbons (Fsp3) is 0.900. The van der Waals surface area contributed by atoms with Gasteiger partial charge in [-0.3, -0.25) is 4.79 Å². The fourth-order valence-electron chi connectivity index (χ4n) is 2.09. The van der Waals surface area contributed by atoms with E-state index in [2.05, 4.69) is 0 Å². The molecular formula is C10H19NO5S. The number of methoxy groups -OCH3 is 1. The van der Waals surface area contributed by atoms with E-state index in [1.807, 2.05) is 0 Å². The van der Waals surface area contributed by atoms with Crippen LogP contribution >= 0.6 is 0 Å². The number of carboxylic acid groups (broad SMARTS) is 1. The van der Waals surface area contributed by atoms with Crippen LogP contribution in [0, 0.1) is 0 Å². The summed E-state index contributed by atoms with van der Waals surface area (Å²) in [7, 11) is -2.01. The molecule has 1 unspecified atom stereocenters. The van der Waals surface area contributed by atoms with Crippen molar-refractivity contribution in [2.45, 2.75) is 31.7 Å². The highest BCUT2D eigenvalue weighted by Gasteiger charge is 2.48. The average Bonchev–Trinajstić information content (AvgIpc) is 2.63. The second kappa shape index (κ2) is 5.32. The number of rotatable bonds is 6. The molecule has 1 heterocycles. The first-order valence-electron chi connectivity index (χ1n) is 5.57. The van der Waals surface area contributed by atoms with Crippen molar-refractivity contribution in [1.82, 2.24) is 4.31 Å². The van der Waals surface area contributed by atoms with Crippen LogP contribution in [-0.2, 0) is 19.6 Å². The molecule has 0 saturated carbocycles. The molecule has 0 aromatic carbocycles. The minimum atomic E-state index is -3.51. The number of hydrogen-bond donors (Lipinski definition) is 1. The van der Waals surface area contributed by atoms with Crippen molar-refractivity contribution in [3.05, 3.63) is 0 Å². The van der Waals surface area contributed by atoms with Crippen molar-refractivity contribution in [2.75, 3.05) is 26.0 Å². The van der Waals surface area contributed by atoms with Crippen LogP contribution in [0.4, 0.5) is 0 Å². The van der Waals surface area contributed by atoms with Gasteiger partial charge in [-0.15, -0.1) is 0 Å². The normalized spacial score (nSPS) is 26.2. The first kappa shape index (κ1) is 14.4. The van der Waals surface area contributed by atoms with Crippen molar-refractivity contribution < 1.29 is 23.1 Å². The molecule has 0 amide bonds. The Labute approximate surface area is 102 Å². The summed E-state index contributed by atoms with van der Waals surface area (Å²) in [6.07, 6.45) is 1.34. The van der Waals surface area contributed by atoms with Gasteiger partial charge in [0.2, 0.25) is 10.0 Å². The third kappa shape index (κ3) is 2.97. The first-order valence-corrected chi connectivity index (χ1v) is 7.18. The molecule has 1 N–H and O–H groups in total. The van der Waals surface area contributed by atoms with Crippen molar-refractivity contribution in [3.63, 3.8) is 0 Å². The van der Waals surface area contributed by atoms with Gasteiger partial charge in [-0.05, 0) is 26.2 Å². The van der Waals surface area contributed by atoms with Crippen molar-refractivity contribution in [3.8, 4) is 0 Å². The third-order valence-corrected chi connectivity index (χ3v) is 5.18. The van der Waals surface area contributed by atoms with E-state index in [-0.39, 0.29) is 12.3 Å². The van der Waals surface area contributed by atoms with Crippen molar-refractivity contribution >= 4 is 16.0 Å². The Hall–Kier alpha value is -0.660. The van der Waals surface area contributed by atoms with Gasteiger partial charge in [0.25, 0.3) is 0 Å². The maximum absolute atomic E-state index is 12.0. The molecule has 7 heteroatoms. The Morgan fingerprint density at radius 3 is 2.71 bits per heavy atom. The van der Waals surface area contributed by atoms with E-state index in [9.17, 15) is 13.2 Å². The Balaban J connectivity index is 2.80. The van der Waals surface area contributed by atoms with Crippen LogP contribution in [-0.4, -0.2) is 55.4 Å². The van der Waals surface area contributed by atoms with E-state index in [4.69, 9.17) is 9.84 Å². The number of hydrogen-bond acceptors (Lipinski definition) is 4. The van der Waals surface area contributed by atoms with Gasteiger partial charge >= 0.3 is 5.97 Å². The summed E-state index contributed by atoms with van der Waals surface area (Å²) in [5, 5.41) is 9.15. The number of nitrogens with zero attached hydrogens (tertiary/aromatic N) is 1. The first-order chi connectivity index (χ1) is 7.84. The lowest BCUT2D eigenvalue weighted by atomic mass is 10.0. The predicted molar refractivity (Wildman–Crippen MR) is 62.3 cm³/mol. The van der Waals surface area contributed by atoms with E-state index < -0.39 is 21.5 Å². The van der Waals surface area contributed by atoms with Gasteiger partial charge in [0.1, 0.15) is 5.54 Å². The Bertz CT molecular complexity index is 380. The lowest BCUT2D eigenvalue weighted by molar-refractivity contribution is -0.146. The average molecular weight is 265 g/mol. The van der Waals surface area contributed by atoms with Gasteiger partial charge < -0.3 is 9.84 Å². The Morgan fingerprint density at radius 2 is 2.18 bits per heavy atom. The molecule has 1 aliphatic rings. The van der Waals surface area contributed by atoms with Gasteiger partial charge in [-0.1, -0.05) is 0 Å². The number of sulfonamides is 1. The molecule has 1 saturated heterocycles. The number of ether oxygens (including phenoxy) is 1. The van der Waals surface area contributed by atoms with E-state index in [0.29, 0.717) is 25.9 Å². The van der Waals surface area contributed by atoms with E-state index >= 15 is 0 Å². The molecule has 0 bridgehead atoms. The van der Waals surface area contributed by atoms with Gasteiger partial charge in [0.15, 0.2) is 0 Å². The van der Waals surface area contributed by atoms with Crippen LogP contribution in [0.1, 0.15) is 26.2 Å². The second-order valence-corrected chi connectivity index (χ2v) is 6.43. The highest BCUT2D eigenvalue weighted by molar-refractivity contribution is 7.89. The molecule has 0 radical (unpaired) electrons. The summed E-state index contributed by atoms with van der Waals surface area (Å²) >= 11 is 0. The second-order valence-electron chi connectivity index (χ2n) is 4.42. The summed E-state index contributed by atoms with van der Waals surface area (Å²) in [6, 6.07) is 0.